The zero-order chi connectivity index (χ0) is 19.8. The van der Waals surface area contributed by atoms with Crippen LogP contribution >= 0.6 is 0 Å². The highest BCUT2D eigenvalue weighted by molar-refractivity contribution is 5.31. The first kappa shape index (κ1) is 19.6. The Morgan fingerprint density at radius 3 is 2.04 bits per heavy atom. The van der Waals surface area contributed by atoms with Gasteiger partial charge in [0.2, 0.25) is 0 Å². The van der Waals surface area contributed by atoms with Gasteiger partial charge in [-0.3, -0.25) is 0 Å². The summed E-state index contributed by atoms with van der Waals surface area (Å²) < 4.78 is 86.4. The van der Waals surface area contributed by atoms with Gasteiger partial charge in [-0.25, -0.2) is 17.6 Å². The second-order valence-corrected chi connectivity index (χ2v) is 7.02. The quantitative estimate of drug-likeness (QED) is 0.407. The molecule has 1 aliphatic rings. The maximum Gasteiger partial charge on any atom is 0.429 e. The molecule has 0 N–H and O–H groups in total. The number of ether oxygens (including phenoxy) is 1. The topological polar surface area (TPSA) is 9.23 Å². The van der Waals surface area contributed by atoms with Gasteiger partial charge in [0, 0.05) is 13.6 Å². The first-order valence-electron chi connectivity index (χ1n) is 8.68. The molecule has 2 aromatic carbocycles. The minimum Gasteiger partial charge on any atom is -0.429 e. The predicted octanol–water partition coefficient (Wildman–Crippen LogP) is 6.91. The third-order valence-electron chi connectivity index (χ3n) is 5.00. The molecule has 7 heteroatoms. The van der Waals surface area contributed by atoms with Gasteiger partial charge in [0.05, 0.1) is 5.56 Å². The van der Waals surface area contributed by atoms with E-state index in [0.717, 1.165) is 37.8 Å². The monoisotopic (exact) mass is 390 g/mol. The molecule has 0 atom stereocenters. The van der Waals surface area contributed by atoms with Gasteiger partial charge < -0.3 is 4.74 Å². The summed E-state index contributed by atoms with van der Waals surface area (Å²) in [4.78, 5) is 0. The van der Waals surface area contributed by atoms with Gasteiger partial charge in [-0.1, -0.05) is 25.8 Å². The fourth-order valence-electron chi connectivity index (χ4n) is 3.41. The van der Waals surface area contributed by atoms with Gasteiger partial charge in [0.25, 0.3) is 0 Å². The molecule has 1 nitrogen and oxygen atoms in total. The highest BCUT2D eigenvalue weighted by atomic mass is 19.3. The summed E-state index contributed by atoms with van der Waals surface area (Å²) in [6.45, 7) is 2.14. The molecule has 1 fully saturated rings. The van der Waals surface area contributed by atoms with Gasteiger partial charge in [-0.05, 0) is 42.4 Å². The largest absolute Gasteiger partial charge is 0.429 e. The molecule has 0 heterocycles. The molecule has 3 rings (SSSR count). The molecule has 2 aromatic rings. The fourth-order valence-corrected chi connectivity index (χ4v) is 3.41. The molecule has 0 aromatic heterocycles. The molecule has 0 radical (unpaired) electrons. The van der Waals surface area contributed by atoms with Crippen molar-refractivity contribution in [3.63, 3.8) is 0 Å². The molecule has 27 heavy (non-hydrogen) atoms. The highest BCUT2D eigenvalue weighted by Crippen LogP contribution is 2.39. The number of benzene rings is 2. The average molecular weight is 390 g/mol. The van der Waals surface area contributed by atoms with E-state index in [4.69, 9.17) is 0 Å². The molecule has 1 saturated carbocycles. The Bertz CT molecular complexity index is 810. The van der Waals surface area contributed by atoms with Gasteiger partial charge in [-0.15, -0.1) is 0 Å². The van der Waals surface area contributed by atoms with Crippen molar-refractivity contribution in [2.45, 2.75) is 44.6 Å². The van der Waals surface area contributed by atoms with Crippen LogP contribution in [0.3, 0.4) is 0 Å². The zero-order valence-corrected chi connectivity index (χ0v) is 14.5. The van der Waals surface area contributed by atoms with Gasteiger partial charge in [0.15, 0.2) is 17.5 Å². The van der Waals surface area contributed by atoms with Crippen molar-refractivity contribution in [3.05, 3.63) is 64.7 Å². The zero-order valence-electron chi connectivity index (χ0n) is 14.5. The SMILES string of the molecule is CC1CCC(c2ccc(C(F)(F)Oc3cc(F)c(F)c(F)c3)c(F)c2)CC1.[HH]. The lowest BCUT2D eigenvalue weighted by atomic mass is 9.79. The highest BCUT2D eigenvalue weighted by Gasteiger charge is 2.38. The maximum absolute atomic E-state index is 14.3. The Labute approximate surface area is 154 Å². The van der Waals surface area contributed by atoms with Crippen LogP contribution in [0.15, 0.2) is 30.3 Å². The number of rotatable bonds is 4. The van der Waals surface area contributed by atoms with Crippen LogP contribution in [-0.2, 0) is 6.11 Å². The van der Waals surface area contributed by atoms with Crippen LogP contribution < -0.4 is 4.74 Å². The summed E-state index contributed by atoms with van der Waals surface area (Å²) >= 11 is 0. The van der Waals surface area contributed by atoms with Crippen molar-refractivity contribution >= 4 is 0 Å². The van der Waals surface area contributed by atoms with E-state index in [1.165, 1.54) is 6.07 Å². The van der Waals surface area contributed by atoms with E-state index in [-0.39, 0.29) is 19.5 Å². The molecule has 0 aliphatic heterocycles. The third kappa shape index (κ3) is 4.22. The van der Waals surface area contributed by atoms with E-state index in [0.29, 0.717) is 11.5 Å². The van der Waals surface area contributed by atoms with Crippen LogP contribution in [0.1, 0.15) is 51.1 Å². The summed E-state index contributed by atoms with van der Waals surface area (Å²) in [6.07, 6.45) is -0.466. The standard InChI is InChI=1S/C20H18F6O.H2/c1-11-2-4-12(5-3-11)13-6-7-15(16(21)8-13)20(25,26)27-14-9-17(22)19(24)18(23)10-14;/h6-12H,2-5H2,1H3;1H. The Balaban J connectivity index is 0.00000280. The van der Waals surface area contributed by atoms with E-state index in [1.807, 2.05) is 0 Å². The van der Waals surface area contributed by atoms with Crippen LogP contribution in [0, 0.1) is 29.2 Å². The summed E-state index contributed by atoms with van der Waals surface area (Å²) in [5, 5.41) is 0. The van der Waals surface area contributed by atoms with Gasteiger partial charge in [0.1, 0.15) is 11.6 Å². The molecule has 0 spiro atoms. The average Bonchev–Trinajstić information content (AvgIpc) is 2.59. The number of halogens is 6. The van der Waals surface area contributed by atoms with Crippen LogP contribution in [0.25, 0.3) is 0 Å². The molecule has 0 bridgehead atoms. The smallest absolute Gasteiger partial charge is 0.429 e. The minimum absolute atomic E-state index is 0. The Morgan fingerprint density at radius 2 is 1.48 bits per heavy atom. The summed E-state index contributed by atoms with van der Waals surface area (Å²) in [5.41, 5.74) is -0.418. The molecular weight excluding hydrogens is 370 g/mol. The van der Waals surface area contributed by atoms with Crippen LogP contribution in [0.2, 0.25) is 0 Å². The molecule has 1 aliphatic carbocycles. The third-order valence-corrected chi connectivity index (χ3v) is 5.00. The van der Waals surface area contributed by atoms with Gasteiger partial charge >= 0.3 is 6.11 Å². The maximum atomic E-state index is 14.3. The van der Waals surface area contributed by atoms with Gasteiger partial charge in [-0.2, -0.15) is 8.78 Å². The number of hydrogen-bond donors (Lipinski definition) is 0. The fraction of sp³-hybridized carbons (Fsp3) is 0.400. The molecule has 0 unspecified atom stereocenters. The predicted molar refractivity (Wildman–Crippen MR) is 89.7 cm³/mol. The van der Waals surface area contributed by atoms with E-state index in [9.17, 15) is 26.3 Å². The lowest BCUT2D eigenvalue weighted by Crippen LogP contribution is -2.24. The van der Waals surface area contributed by atoms with Crippen molar-refractivity contribution < 1.29 is 32.5 Å². The normalized spacial score (nSPS) is 20.6. The second-order valence-electron chi connectivity index (χ2n) is 7.02. The lowest BCUT2D eigenvalue weighted by Gasteiger charge is -2.27. The van der Waals surface area contributed by atoms with Crippen LogP contribution in [0.5, 0.6) is 5.75 Å². The number of hydrogen-bond acceptors (Lipinski definition) is 1. The summed E-state index contributed by atoms with van der Waals surface area (Å²) in [5.74, 6) is -6.56. The van der Waals surface area contributed by atoms with E-state index in [1.54, 1.807) is 0 Å². The minimum atomic E-state index is -4.18. The van der Waals surface area contributed by atoms with Crippen molar-refractivity contribution in [3.8, 4) is 5.75 Å². The van der Waals surface area contributed by atoms with Crippen molar-refractivity contribution in [2.75, 3.05) is 0 Å². The first-order chi connectivity index (χ1) is 12.7. The van der Waals surface area contributed by atoms with E-state index in [2.05, 4.69) is 11.7 Å². The summed E-state index contributed by atoms with van der Waals surface area (Å²) in [6, 6.07) is 3.95. The molecule has 148 valence electrons. The van der Waals surface area contributed by atoms with Crippen LogP contribution in [-0.4, -0.2) is 0 Å². The van der Waals surface area contributed by atoms with E-state index >= 15 is 0 Å². The molecular formula is C20H20F6O. The lowest BCUT2D eigenvalue weighted by molar-refractivity contribution is -0.187. The molecule has 0 amide bonds. The van der Waals surface area contributed by atoms with Crippen molar-refractivity contribution in [2.24, 2.45) is 5.92 Å². The Morgan fingerprint density at radius 1 is 0.889 bits per heavy atom. The van der Waals surface area contributed by atoms with Crippen LogP contribution in [0.4, 0.5) is 26.3 Å². The van der Waals surface area contributed by atoms with Crippen molar-refractivity contribution in [1.82, 2.24) is 0 Å². The first-order valence-corrected chi connectivity index (χ1v) is 8.68. The van der Waals surface area contributed by atoms with Crippen molar-refractivity contribution in [1.29, 1.82) is 0 Å². The van der Waals surface area contributed by atoms with E-state index < -0.39 is 40.7 Å². The number of alkyl halides is 2. The Hall–Kier alpha value is -2.18. The second kappa shape index (κ2) is 7.44. The molecule has 0 saturated heterocycles. The Kier molecular flexibility index (Phi) is 5.40. The summed E-state index contributed by atoms with van der Waals surface area (Å²) in [7, 11) is 0.